The Morgan fingerprint density at radius 2 is 1.52 bits per heavy atom. The fourth-order valence-electron chi connectivity index (χ4n) is 6.40. The molecule has 4 bridgehead atoms. The van der Waals surface area contributed by atoms with Crippen LogP contribution in [0.2, 0.25) is 0 Å². The van der Waals surface area contributed by atoms with Crippen molar-refractivity contribution >= 4 is 22.0 Å². The normalized spacial score (nSPS) is 30.1. The minimum absolute atomic E-state index is 0.0328. The van der Waals surface area contributed by atoms with Crippen molar-refractivity contribution in [1.82, 2.24) is 20.7 Å². The number of benzene rings is 1. The van der Waals surface area contributed by atoms with Crippen LogP contribution in [0.1, 0.15) is 63.4 Å². The molecule has 5 fully saturated rings. The van der Waals surface area contributed by atoms with Crippen LogP contribution >= 0.6 is 0 Å². The zero-order valence-electron chi connectivity index (χ0n) is 18.9. The van der Waals surface area contributed by atoms with Gasteiger partial charge in [0.15, 0.2) is 0 Å². The van der Waals surface area contributed by atoms with Crippen molar-refractivity contribution in [2.75, 3.05) is 6.54 Å². The zero-order valence-corrected chi connectivity index (χ0v) is 19.8. The Hall–Kier alpha value is -2.13. The molecule has 0 heterocycles. The Bertz CT molecular complexity index is 969. The zero-order chi connectivity index (χ0) is 23.1. The first kappa shape index (κ1) is 22.7. The topological polar surface area (TPSA) is 116 Å². The first-order valence-electron chi connectivity index (χ1n) is 12.2. The number of hydrogen-bond donors (Lipinski definition) is 4. The fourth-order valence-corrected chi connectivity index (χ4v) is 7.71. The second-order valence-corrected chi connectivity index (χ2v) is 12.4. The third-order valence-electron chi connectivity index (χ3n) is 7.68. The minimum atomic E-state index is -3.47. The van der Waals surface area contributed by atoms with Crippen molar-refractivity contribution in [1.29, 1.82) is 0 Å². The number of rotatable bonds is 9. The highest BCUT2D eigenvalue weighted by Crippen LogP contribution is 2.55. The van der Waals surface area contributed by atoms with Gasteiger partial charge in [-0.15, -0.1) is 0 Å². The van der Waals surface area contributed by atoms with Gasteiger partial charge in [0.1, 0.15) is 0 Å². The van der Waals surface area contributed by atoms with Gasteiger partial charge in [-0.1, -0.05) is 12.1 Å². The molecular weight excluding hydrogens is 440 g/mol. The molecule has 4 N–H and O–H groups in total. The van der Waals surface area contributed by atoms with Gasteiger partial charge in [-0.05, 0) is 86.8 Å². The summed E-state index contributed by atoms with van der Waals surface area (Å²) in [6.45, 7) is 0.600. The number of carbonyl (C=O) groups is 2. The van der Waals surface area contributed by atoms with E-state index in [-0.39, 0.29) is 41.4 Å². The van der Waals surface area contributed by atoms with Gasteiger partial charge in [0, 0.05) is 31.1 Å². The van der Waals surface area contributed by atoms with E-state index in [0.717, 1.165) is 55.4 Å². The van der Waals surface area contributed by atoms with Gasteiger partial charge < -0.3 is 16.0 Å². The van der Waals surface area contributed by atoms with E-state index < -0.39 is 10.0 Å². The van der Waals surface area contributed by atoms with Crippen molar-refractivity contribution in [3.63, 3.8) is 0 Å². The molecule has 0 unspecified atom stereocenters. The van der Waals surface area contributed by atoms with E-state index >= 15 is 0 Å². The summed E-state index contributed by atoms with van der Waals surface area (Å²) in [5.41, 5.74) is 0.788. The van der Waals surface area contributed by atoms with Crippen LogP contribution in [0.4, 0.5) is 4.79 Å². The number of hydrogen-bond acceptors (Lipinski definition) is 4. The minimum Gasteiger partial charge on any atom is -0.352 e. The third kappa shape index (κ3) is 5.51. The summed E-state index contributed by atoms with van der Waals surface area (Å²) in [7, 11) is -3.47. The van der Waals surface area contributed by atoms with Crippen LogP contribution in [0, 0.1) is 17.8 Å². The molecule has 0 atom stereocenters. The van der Waals surface area contributed by atoms with Crippen LogP contribution in [0.25, 0.3) is 0 Å². The van der Waals surface area contributed by atoms with Crippen molar-refractivity contribution < 1.29 is 18.0 Å². The summed E-state index contributed by atoms with van der Waals surface area (Å²) >= 11 is 0. The maximum absolute atomic E-state index is 12.5. The van der Waals surface area contributed by atoms with Gasteiger partial charge in [0.05, 0.1) is 4.90 Å². The van der Waals surface area contributed by atoms with Gasteiger partial charge in [-0.3, -0.25) is 4.79 Å². The number of amides is 3. The lowest BCUT2D eigenvalue weighted by atomic mass is 9.53. The maximum atomic E-state index is 12.5. The van der Waals surface area contributed by atoms with Crippen molar-refractivity contribution in [3.05, 3.63) is 29.8 Å². The van der Waals surface area contributed by atoms with E-state index in [0.29, 0.717) is 6.54 Å². The fraction of sp³-hybridized carbons (Fsp3) is 0.667. The predicted octanol–water partition coefficient (Wildman–Crippen LogP) is 2.40. The molecule has 5 saturated carbocycles. The van der Waals surface area contributed by atoms with E-state index in [4.69, 9.17) is 0 Å². The molecule has 1 aromatic carbocycles. The van der Waals surface area contributed by atoms with Gasteiger partial charge in [0.2, 0.25) is 15.9 Å². The third-order valence-corrected chi connectivity index (χ3v) is 9.21. The lowest BCUT2D eigenvalue weighted by Crippen LogP contribution is -2.61. The molecule has 0 radical (unpaired) electrons. The molecule has 180 valence electrons. The van der Waals surface area contributed by atoms with E-state index in [1.54, 1.807) is 24.3 Å². The Balaban J connectivity index is 1.01. The van der Waals surface area contributed by atoms with Crippen molar-refractivity contribution in [2.24, 2.45) is 17.8 Å². The molecule has 0 aliphatic heterocycles. The van der Waals surface area contributed by atoms with Gasteiger partial charge in [-0.2, -0.15) is 0 Å². The van der Waals surface area contributed by atoms with Crippen molar-refractivity contribution in [2.45, 2.75) is 80.8 Å². The first-order valence-corrected chi connectivity index (χ1v) is 13.7. The molecule has 33 heavy (non-hydrogen) atoms. The van der Waals surface area contributed by atoms with Crippen LogP contribution in [0.15, 0.2) is 29.2 Å². The Morgan fingerprint density at radius 3 is 2.09 bits per heavy atom. The molecule has 6 rings (SSSR count). The molecule has 9 heteroatoms. The van der Waals surface area contributed by atoms with Gasteiger partial charge in [0.25, 0.3) is 0 Å². The largest absolute Gasteiger partial charge is 0.352 e. The van der Waals surface area contributed by atoms with Crippen LogP contribution in [0.5, 0.6) is 0 Å². The number of urea groups is 1. The lowest BCUT2D eigenvalue weighted by Gasteiger charge is -2.56. The van der Waals surface area contributed by atoms with Crippen LogP contribution in [-0.2, 0) is 21.4 Å². The Labute approximate surface area is 195 Å². The summed E-state index contributed by atoms with van der Waals surface area (Å²) in [5.74, 6) is 2.15. The molecule has 3 amide bonds. The molecule has 0 spiro atoms. The van der Waals surface area contributed by atoms with E-state index in [1.807, 2.05) is 0 Å². The Morgan fingerprint density at radius 1 is 0.909 bits per heavy atom. The quantitative estimate of drug-likeness (QED) is 0.440. The number of nitrogens with one attached hydrogen (secondary N) is 4. The van der Waals surface area contributed by atoms with Gasteiger partial charge in [-0.25, -0.2) is 17.9 Å². The smallest absolute Gasteiger partial charge is 0.315 e. The van der Waals surface area contributed by atoms with E-state index in [1.165, 1.54) is 19.3 Å². The number of sulfonamides is 1. The highest BCUT2D eigenvalue weighted by Gasteiger charge is 2.51. The SMILES string of the molecule is O=C(CCNC(=O)NC12CC3CC(CC(C3)C1)C2)NCc1ccc(S(=O)(=O)NC2CC2)cc1. The summed E-state index contributed by atoms with van der Waals surface area (Å²) in [5, 5.41) is 8.92. The summed E-state index contributed by atoms with van der Waals surface area (Å²) in [4.78, 5) is 24.9. The molecule has 0 aromatic heterocycles. The summed E-state index contributed by atoms with van der Waals surface area (Å²) in [6, 6.07) is 6.43. The Kier molecular flexibility index (Phi) is 6.11. The number of carbonyl (C=O) groups excluding carboxylic acids is 2. The van der Waals surface area contributed by atoms with E-state index in [2.05, 4.69) is 20.7 Å². The highest BCUT2D eigenvalue weighted by molar-refractivity contribution is 7.89. The first-order chi connectivity index (χ1) is 15.8. The summed E-state index contributed by atoms with van der Waals surface area (Å²) < 4.78 is 27.1. The van der Waals surface area contributed by atoms with Crippen molar-refractivity contribution in [3.8, 4) is 0 Å². The predicted molar refractivity (Wildman–Crippen MR) is 124 cm³/mol. The van der Waals surface area contributed by atoms with Gasteiger partial charge >= 0.3 is 6.03 Å². The lowest BCUT2D eigenvalue weighted by molar-refractivity contribution is -0.121. The monoisotopic (exact) mass is 474 g/mol. The second kappa shape index (κ2) is 8.91. The van der Waals surface area contributed by atoms with E-state index in [9.17, 15) is 18.0 Å². The molecule has 8 nitrogen and oxygen atoms in total. The van der Waals surface area contributed by atoms with Crippen LogP contribution < -0.4 is 20.7 Å². The summed E-state index contributed by atoms with van der Waals surface area (Å²) in [6.07, 6.45) is 9.28. The van der Waals surface area contributed by atoms with Crippen LogP contribution in [-0.4, -0.2) is 38.5 Å². The molecule has 1 aromatic rings. The molecule has 0 saturated heterocycles. The highest BCUT2D eigenvalue weighted by atomic mass is 32.2. The second-order valence-electron chi connectivity index (χ2n) is 10.6. The molecule has 5 aliphatic carbocycles. The molecule has 5 aliphatic rings. The average Bonchev–Trinajstić information content (AvgIpc) is 3.54. The van der Waals surface area contributed by atoms with Crippen LogP contribution in [0.3, 0.4) is 0 Å². The maximum Gasteiger partial charge on any atom is 0.315 e. The molecular formula is C24H34N4O4S. The standard InChI is InChI=1S/C24H34N4O4S/c29-22(26-15-16-1-5-21(6-2-16)33(31,32)28-20-3-4-20)7-8-25-23(30)27-24-12-17-9-18(13-24)11-19(10-17)14-24/h1-2,5-6,17-20,28H,3-4,7-15H2,(H,26,29)(H2,25,27,30). The average molecular weight is 475 g/mol.